The normalized spacial score (nSPS) is 13.4. The van der Waals surface area contributed by atoms with E-state index in [1.54, 1.807) is 30.6 Å². The van der Waals surface area contributed by atoms with Crippen molar-refractivity contribution in [1.29, 1.82) is 5.26 Å². The van der Waals surface area contributed by atoms with Crippen molar-refractivity contribution >= 4 is 18.0 Å². The molecule has 0 spiro atoms. The standard InChI is InChI=1S/C23H18FN5/c1-3-15-7-8-21(28-20(15)4-2)29-13-18(14-29)23-22(26-9-10-27-23)16-5-6-17(12-25)19(24)11-16/h3-11,18H,1-2,13-14H2. The zero-order chi connectivity index (χ0) is 20.4. The first-order chi connectivity index (χ1) is 14.1. The van der Waals surface area contributed by atoms with Crippen LogP contribution in [0, 0.1) is 17.1 Å². The molecular weight excluding hydrogens is 365 g/mol. The summed E-state index contributed by atoms with van der Waals surface area (Å²) in [5.41, 5.74) is 3.84. The molecule has 0 N–H and O–H groups in total. The van der Waals surface area contributed by atoms with Crippen LogP contribution in [0.25, 0.3) is 23.4 Å². The number of hydrogen-bond donors (Lipinski definition) is 0. The molecule has 5 nitrogen and oxygen atoms in total. The number of anilines is 1. The van der Waals surface area contributed by atoms with Crippen LogP contribution in [0.4, 0.5) is 10.2 Å². The summed E-state index contributed by atoms with van der Waals surface area (Å²) in [6.45, 7) is 9.08. The van der Waals surface area contributed by atoms with Gasteiger partial charge >= 0.3 is 0 Å². The number of benzene rings is 1. The van der Waals surface area contributed by atoms with E-state index in [-0.39, 0.29) is 11.5 Å². The van der Waals surface area contributed by atoms with Crippen LogP contribution >= 0.6 is 0 Å². The van der Waals surface area contributed by atoms with Crippen molar-refractivity contribution in [3.05, 3.63) is 84.2 Å². The molecule has 3 aromatic rings. The minimum absolute atomic E-state index is 0.0149. The summed E-state index contributed by atoms with van der Waals surface area (Å²) in [5.74, 6) is 0.474. The minimum atomic E-state index is -0.555. The zero-order valence-corrected chi connectivity index (χ0v) is 15.7. The van der Waals surface area contributed by atoms with Crippen molar-refractivity contribution in [2.24, 2.45) is 0 Å². The summed E-state index contributed by atoms with van der Waals surface area (Å²) >= 11 is 0. The Morgan fingerprint density at radius 2 is 1.90 bits per heavy atom. The smallest absolute Gasteiger partial charge is 0.141 e. The highest BCUT2D eigenvalue weighted by molar-refractivity contribution is 5.66. The number of aromatic nitrogens is 3. The lowest BCUT2D eigenvalue weighted by atomic mass is 9.92. The molecule has 0 bridgehead atoms. The van der Waals surface area contributed by atoms with Gasteiger partial charge in [0.05, 0.1) is 22.6 Å². The number of nitrogens with zero attached hydrogens (tertiary/aromatic N) is 5. The Morgan fingerprint density at radius 3 is 2.59 bits per heavy atom. The molecule has 0 atom stereocenters. The molecule has 2 aromatic heterocycles. The first kappa shape index (κ1) is 18.5. The first-order valence-electron chi connectivity index (χ1n) is 9.16. The third kappa shape index (κ3) is 3.39. The van der Waals surface area contributed by atoms with Gasteiger partial charge in [-0.2, -0.15) is 5.26 Å². The van der Waals surface area contributed by atoms with E-state index >= 15 is 0 Å². The summed E-state index contributed by atoms with van der Waals surface area (Å²) in [4.78, 5) is 15.7. The predicted octanol–water partition coefficient (Wildman–Crippen LogP) is 4.44. The molecule has 3 heterocycles. The Bertz CT molecular complexity index is 1140. The van der Waals surface area contributed by atoms with E-state index in [1.807, 2.05) is 18.2 Å². The third-order valence-corrected chi connectivity index (χ3v) is 5.04. The maximum Gasteiger partial charge on any atom is 0.141 e. The van der Waals surface area contributed by atoms with E-state index in [4.69, 9.17) is 5.26 Å². The van der Waals surface area contributed by atoms with E-state index in [0.29, 0.717) is 11.3 Å². The van der Waals surface area contributed by atoms with Crippen LogP contribution in [0.5, 0.6) is 0 Å². The number of rotatable bonds is 5. The van der Waals surface area contributed by atoms with Gasteiger partial charge in [0.15, 0.2) is 0 Å². The molecular formula is C23H18FN5. The molecule has 0 aliphatic carbocycles. The maximum absolute atomic E-state index is 14.1. The van der Waals surface area contributed by atoms with Crippen LogP contribution in [0.1, 0.15) is 28.4 Å². The second-order valence-electron chi connectivity index (χ2n) is 6.75. The van der Waals surface area contributed by atoms with Gasteiger partial charge < -0.3 is 4.90 Å². The Balaban J connectivity index is 1.58. The highest BCUT2D eigenvalue weighted by atomic mass is 19.1. The molecule has 29 heavy (non-hydrogen) atoms. The second-order valence-corrected chi connectivity index (χ2v) is 6.75. The summed E-state index contributed by atoms with van der Waals surface area (Å²) in [6.07, 6.45) is 6.72. The first-order valence-corrected chi connectivity index (χ1v) is 9.16. The number of pyridine rings is 1. The summed E-state index contributed by atoms with van der Waals surface area (Å²) < 4.78 is 14.1. The zero-order valence-electron chi connectivity index (χ0n) is 15.7. The van der Waals surface area contributed by atoms with E-state index in [9.17, 15) is 4.39 Å². The average molecular weight is 383 g/mol. The summed E-state index contributed by atoms with van der Waals surface area (Å²) in [7, 11) is 0. The topological polar surface area (TPSA) is 65.7 Å². The van der Waals surface area contributed by atoms with Gasteiger partial charge in [0.25, 0.3) is 0 Å². The molecule has 1 fully saturated rings. The molecule has 1 aliphatic heterocycles. The highest BCUT2D eigenvalue weighted by Crippen LogP contribution is 2.35. The summed E-state index contributed by atoms with van der Waals surface area (Å²) in [6, 6.07) is 10.3. The number of nitriles is 1. The van der Waals surface area contributed by atoms with E-state index in [1.165, 1.54) is 12.1 Å². The quantitative estimate of drug-likeness (QED) is 0.652. The van der Waals surface area contributed by atoms with Crippen LogP contribution in [-0.4, -0.2) is 28.0 Å². The van der Waals surface area contributed by atoms with Crippen molar-refractivity contribution in [3.63, 3.8) is 0 Å². The maximum atomic E-state index is 14.1. The van der Waals surface area contributed by atoms with Gasteiger partial charge in [0.1, 0.15) is 17.7 Å². The molecule has 6 heteroatoms. The van der Waals surface area contributed by atoms with Gasteiger partial charge in [0.2, 0.25) is 0 Å². The fourth-order valence-electron chi connectivity index (χ4n) is 3.45. The van der Waals surface area contributed by atoms with Gasteiger partial charge in [-0.1, -0.05) is 25.3 Å². The van der Waals surface area contributed by atoms with E-state index < -0.39 is 5.82 Å². The van der Waals surface area contributed by atoms with Gasteiger partial charge in [-0.05, 0) is 35.9 Å². The van der Waals surface area contributed by atoms with Crippen molar-refractivity contribution in [2.45, 2.75) is 5.92 Å². The SMILES string of the molecule is C=Cc1ccc(N2CC(c3nccnc3-c3ccc(C#N)c(F)c3)C2)nc1C=C. The van der Waals surface area contributed by atoms with Crippen molar-refractivity contribution in [1.82, 2.24) is 15.0 Å². The van der Waals surface area contributed by atoms with E-state index in [2.05, 4.69) is 33.0 Å². The Hall–Kier alpha value is -3.85. The molecule has 0 radical (unpaired) electrons. The van der Waals surface area contributed by atoms with Crippen LogP contribution in [-0.2, 0) is 0 Å². The minimum Gasteiger partial charge on any atom is -0.355 e. The van der Waals surface area contributed by atoms with Gasteiger partial charge in [-0.3, -0.25) is 9.97 Å². The van der Waals surface area contributed by atoms with Gasteiger partial charge in [0, 0.05) is 37.0 Å². The highest BCUT2D eigenvalue weighted by Gasteiger charge is 2.32. The Kier molecular flexibility index (Phi) is 4.88. The van der Waals surface area contributed by atoms with Crippen molar-refractivity contribution < 1.29 is 4.39 Å². The van der Waals surface area contributed by atoms with Crippen molar-refractivity contribution in [2.75, 3.05) is 18.0 Å². The lowest BCUT2D eigenvalue weighted by Gasteiger charge is -2.40. The van der Waals surface area contributed by atoms with Crippen LogP contribution < -0.4 is 4.90 Å². The molecule has 1 aliphatic rings. The van der Waals surface area contributed by atoms with Crippen molar-refractivity contribution in [3.8, 4) is 17.3 Å². The fourth-order valence-corrected chi connectivity index (χ4v) is 3.45. The molecule has 4 rings (SSSR count). The van der Waals surface area contributed by atoms with E-state index in [0.717, 1.165) is 35.9 Å². The number of hydrogen-bond acceptors (Lipinski definition) is 5. The molecule has 1 aromatic carbocycles. The van der Waals surface area contributed by atoms with Gasteiger partial charge in [-0.25, -0.2) is 9.37 Å². The monoisotopic (exact) mass is 383 g/mol. The van der Waals surface area contributed by atoms with Gasteiger partial charge in [-0.15, -0.1) is 0 Å². The van der Waals surface area contributed by atoms with Crippen LogP contribution in [0.15, 0.2) is 55.9 Å². The molecule has 1 saturated heterocycles. The molecule has 142 valence electrons. The lowest BCUT2D eigenvalue weighted by molar-refractivity contribution is 0.508. The largest absolute Gasteiger partial charge is 0.355 e. The lowest BCUT2D eigenvalue weighted by Crippen LogP contribution is -2.46. The molecule has 0 unspecified atom stereocenters. The molecule has 0 saturated carbocycles. The average Bonchev–Trinajstić information content (AvgIpc) is 2.73. The summed E-state index contributed by atoms with van der Waals surface area (Å²) in [5, 5.41) is 8.94. The second kappa shape index (κ2) is 7.64. The predicted molar refractivity (Wildman–Crippen MR) is 112 cm³/mol. The molecule has 0 amide bonds. The van der Waals surface area contributed by atoms with Crippen LogP contribution in [0.2, 0.25) is 0 Å². The third-order valence-electron chi connectivity index (χ3n) is 5.04. The fraction of sp³-hybridized carbons (Fsp3) is 0.130. The number of halogens is 1. The Labute approximate surface area is 168 Å². The Morgan fingerprint density at radius 1 is 1.10 bits per heavy atom. The van der Waals surface area contributed by atoms with Crippen LogP contribution in [0.3, 0.4) is 0 Å².